The maximum absolute atomic E-state index is 12.2. The van der Waals surface area contributed by atoms with Gasteiger partial charge in [-0.15, -0.1) is 0 Å². The number of amides is 1. The molecule has 2 saturated heterocycles. The molecule has 0 spiro atoms. The van der Waals surface area contributed by atoms with E-state index in [-0.39, 0.29) is 19.1 Å². The molecule has 2 aliphatic heterocycles. The molecule has 2 fully saturated rings. The molecular formula is C11H17NO5. The van der Waals surface area contributed by atoms with Crippen molar-refractivity contribution in [1.29, 1.82) is 0 Å². The third kappa shape index (κ3) is 2.42. The van der Waals surface area contributed by atoms with Crippen molar-refractivity contribution < 1.29 is 24.2 Å². The predicted molar refractivity (Wildman–Crippen MR) is 57.5 cm³/mol. The van der Waals surface area contributed by atoms with Crippen LogP contribution in [0.3, 0.4) is 0 Å². The summed E-state index contributed by atoms with van der Waals surface area (Å²) < 4.78 is 10.6. The summed E-state index contributed by atoms with van der Waals surface area (Å²) in [6.45, 7) is 3.16. The highest BCUT2D eigenvalue weighted by molar-refractivity contribution is 5.86. The molecular weight excluding hydrogens is 226 g/mol. The van der Waals surface area contributed by atoms with Crippen molar-refractivity contribution >= 4 is 11.9 Å². The molecule has 2 rings (SSSR count). The molecule has 1 amide bonds. The molecule has 0 aromatic heterocycles. The minimum absolute atomic E-state index is 0.104. The van der Waals surface area contributed by atoms with Crippen LogP contribution in [0.15, 0.2) is 0 Å². The van der Waals surface area contributed by atoms with Gasteiger partial charge >= 0.3 is 5.97 Å². The maximum atomic E-state index is 12.2. The highest BCUT2D eigenvalue weighted by Gasteiger charge is 2.42. The lowest BCUT2D eigenvalue weighted by Gasteiger charge is -2.35. The number of carboxylic acid groups (broad SMARTS) is 1. The van der Waals surface area contributed by atoms with Crippen molar-refractivity contribution in [1.82, 2.24) is 4.90 Å². The molecule has 17 heavy (non-hydrogen) atoms. The smallest absolute Gasteiger partial charge is 0.334 e. The number of carbonyl (C=O) groups excluding carboxylic acids is 1. The van der Waals surface area contributed by atoms with Gasteiger partial charge in [0, 0.05) is 13.2 Å². The molecule has 2 aliphatic rings. The molecule has 0 aromatic rings. The van der Waals surface area contributed by atoms with Crippen LogP contribution < -0.4 is 0 Å². The Bertz CT molecular complexity index is 324. The molecule has 2 atom stereocenters. The largest absolute Gasteiger partial charge is 0.479 e. The van der Waals surface area contributed by atoms with Crippen molar-refractivity contribution in [3.63, 3.8) is 0 Å². The first kappa shape index (κ1) is 12.3. The quantitative estimate of drug-likeness (QED) is 0.731. The van der Waals surface area contributed by atoms with Crippen LogP contribution in [0.4, 0.5) is 0 Å². The summed E-state index contributed by atoms with van der Waals surface area (Å²) >= 11 is 0. The standard InChI is InChI=1S/C11H17NO5/c1-11(3-2-5-17-11)10(15)12-4-6-16-8(7-12)9(13)14/h8H,2-7H2,1H3,(H,13,14). The van der Waals surface area contributed by atoms with Gasteiger partial charge in [0.05, 0.1) is 13.2 Å². The SMILES string of the molecule is CC1(C(=O)N2CCOC(C(=O)O)C2)CCCO1. The Morgan fingerprint density at radius 3 is 2.76 bits per heavy atom. The molecule has 0 bridgehead atoms. The van der Waals surface area contributed by atoms with Crippen LogP contribution in [0.2, 0.25) is 0 Å². The van der Waals surface area contributed by atoms with Gasteiger partial charge in [0.1, 0.15) is 5.60 Å². The van der Waals surface area contributed by atoms with Crippen LogP contribution in [0, 0.1) is 0 Å². The van der Waals surface area contributed by atoms with E-state index < -0.39 is 17.7 Å². The van der Waals surface area contributed by atoms with Gasteiger partial charge in [-0.25, -0.2) is 4.79 Å². The Hall–Kier alpha value is -1.14. The maximum Gasteiger partial charge on any atom is 0.334 e. The van der Waals surface area contributed by atoms with Crippen LogP contribution >= 0.6 is 0 Å². The number of carboxylic acids is 1. The summed E-state index contributed by atoms with van der Waals surface area (Å²) in [4.78, 5) is 24.6. The van der Waals surface area contributed by atoms with E-state index in [9.17, 15) is 9.59 Å². The average molecular weight is 243 g/mol. The molecule has 0 radical (unpaired) electrons. The summed E-state index contributed by atoms with van der Waals surface area (Å²) in [5.74, 6) is -1.15. The number of aliphatic carboxylic acids is 1. The second kappa shape index (κ2) is 4.62. The molecule has 0 aliphatic carbocycles. The Kier molecular flexibility index (Phi) is 3.35. The molecule has 2 heterocycles. The average Bonchev–Trinajstić information content (AvgIpc) is 2.76. The fraction of sp³-hybridized carbons (Fsp3) is 0.818. The number of morpholine rings is 1. The predicted octanol–water partition coefficient (Wildman–Crippen LogP) is -0.132. The third-order valence-corrected chi connectivity index (χ3v) is 3.30. The first-order valence-corrected chi connectivity index (χ1v) is 5.81. The molecule has 1 N–H and O–H groups in total. The third-order valence-electron chi connectivity index (χ3n) is 3.30. The van der Waals surface area contributed by atoms with Gasteiger partial charge in [-0.2, -0.15) is 0 Å². The zero-order valence-electron chi connectivity index (χ0n) is 9.85. The van der Waals surface area contributed by atoms with Gasteiger partial charge in [0.25, 0.3) is 5.91 Å². The van der Waals surface area contributed by atoms with Gasteiger partial charge in [0.15, 0.2) is 6.10 Å². The number of rotatable bonds is 2. The Morgan fingerprint density at radius 2 is 2.18 bits per heavy atom. The number of nitrogens with zero attached hydrogens (tertiary/aromatic N) is 1. The zero-order valence-corrected chi connectivity index (χ0v) is 9.85. The van der Waals surface area contributed by atoms with E-state index in [0.717, 1.165) is 6.42 Å². The van der Waals surface area contributed by atoms with Crippen LogP contribution in [0.1, 0.15) is 19.8 Å². The lowest BCUT2D eigenvalue weighted by Crippen LogP contribution is -2.54. The van der Waals surface area contributed by atoms with Crippen molar-refractivity contribution in [2.45, 2.75) is 31.5 Å². The summed E-state index contributed by atoms with van der Waals surface area (Å²) in [6, 6.07) is 0. The minimum atomic E-state index is -1.03. The molecule has 6 nitrogen and oxygen atoms in total. The Morgan fingerprint density at radius 1 is 1.41 bits per heavy atom. The first-order chi connectivity index (χ1) is 8.03. The fourth-order valence-corrected chi connectivity index (χ4v) is 2.27. The highest BCUT2D eigenvalue weighted by atomic mass is 16.5. The van der Waals surface area contributed by atoms with Crippen LogP contribution in [0.5, 0.6) is 0 Å². The number of hydrogen-bond acceptors (Lipinski definition) is 4. The topological polar surface area (TPSA) is 76.1 Å². The van der Waals surface area contributed by atoms with E-state index in [4.69, 9.17) is 14.6 Å². The van der Waals surface area contributed by atoms with Gasteiger partial charge in [-0.05, 0) is 19.8 Å². The lowest BCUT2D eigenvalue weighted by atomic mass is 10.0. The lowest BCUT2D eigenvalue weighted by molar-refractivity contribution is -0.166. The summed E-state index contributed by atoms with van der Waals surface area (Å²) in [5, 5.41) is 8.87. The van der Waals surface area contributed by atoms with Gasteiger partial charge in [-0.3, -0.25) is 4.79 Å². The van der Waals surface area contributed by atoms with E-state index >= 15 is 0 Å². The minimum Gasteiger partial charge on any atom is -0.479 e. The summed E-state index contributed by atoms with van der Waals surface area (Å²) in [7, 11) is 0. The highest BCUT2D eigenvalue weighted by Crippen LogP contribution is 2.27. The van der Waals surface area contributed by atoms with Crippen molar-refractivity contribution in [2.24, 2.45) is 0 Å². The van der Waals surface area contributed by atoms with Crippen molar-refractivity contribution in [3.8, 4) is 0 Å². The van der Waals surface area contributed by atoms with Crippen molar-refractivity contribution in [3.05, 3.63) is 0 Å². The van der Waals surface area contributed by atoms with Gasteiger partial charge < -0.3 is 19.5 Å². The Labute approximate surface area is 99.5 Å². The molecule has 2 unspecified atom stereocenters. The van der Waals surface area contributed by atoms with Crippen LogP contribution in [0.25, 0.3) is 0 Å². The molecule has 6 heteroatoms. The van der Waals surface area contributed by atoms with Gasteiger partial charge in [-0.1, -0.05) is 0 Å². The van der Waals surface area contributed by atoms with E-state index in [1.165, 1.54) is 4.90 Å². The summed E-state index contributed by atoms with van der Waals surface area (Å²) in [6.07, 6.45) is 0.647. The monoisotopic (exact) mass is 243 g/mol. The van der Waals surface area contributed by atoms with E-state index in [0.29, 0.717) is 19.6 Å². The van der Waals surface area contributed by atoms with Crippen LogP contribution in [-0.2, 0) is 19.1 Å². The normalized spacial score (nSPS) is 33.7. The van der Waals surface area contributed by atoms with E-state index in [1.54, 1.807) is 6.92 Å². The molecule has 96 valence electrons. The fourth-order valence-electron chi connectivity index (χ4n) is 2.27. The molecule has 0 aromatic carbocycles. The van der Waals surface area contributed by atoms with Crippen molar-refractivity contribution in [2.75, 3.05) is 26.3 Å². The first-order valence-electron chi connectivity index (χ1n) is 5.81. The van der Waals surface area contributed by atoms with E-state index in [2.05, 4.69) is 0 Å². The van der Waals surface area contributed by atoms with Gasteiger partial charge in [0.2, 0.25) is 0 Å². The van der Waals surface area contributed by atoms with E-state index in [1.807, 2.05) is 0 Å². The second-order valence-electron chi connectivity index (χ2n) is 4.63. The molecule has 0 saturated carbocycles. The Balaban J connectivity index is 2.01. The number of ether oxygens (including phenoxy) is 2. The zero-order chi connectivity index (χ0) is 12.5. The number of hydrogen-bond donors (Lipinski definition) is 1. The second-order valence-corrected chi connectivity index (χ2v) is 4.63. The summed E-state index contributed by atoms with van der Waals surface area (Å²) in [5.41, 5.74) is -0.777. The van der Waals surface area contributed by atoms with Crippen LogP contribution in [-0.4, -0.2) is 59.9 Å². The number of carbonyl (C=O) groups is 2.